The first-order valence-electron chi connectivity index (χ1n) is 22.6. The highest BCUT2D eigenvalue weighted by molar-refractivity contribution is 6.18. The van der Waals surface area contributed by atoms with Gasteiger partial charge >= 0.3 is 6.09 Å². The van der Waals surface area contributed by atoms with Crippen LogP contribution in [-0.4, -0.2) is 81.6 Å². The number of fused-ring (bicyclic) bond motifs is 3. The molecular weight excluding hydrogens is 850 g/mol. The number of allylic oxidation sites excluding steroid dienone is 1. The van der Waals surface area contributed by atoms with E-state index < -0.39 is 34.4 Å². The largest absolute Gasteiger partial charge is 0.459 e. The molecule has 0 saturated heterocycles. The van der Waals surface area contributed by atoms with Crippen molar-refractivity contribution < 1.29 is 43.7 Å². The first-order valence-corrected chi connectivity index (χ1v) is 23.1. The summed E-state index contributed by atoms with van der Waals surface area (Å²) in [6.07, 6.45) is 7.78. The molecule has 2 N–H and O–H groups in total. The summed E-state index contributed by atoms with van der Waals surface area (Å²) in [6, 6.07) is 24.8. The van der Waals surface area contributed by atoms with Gasteiger partial charge in [0.2, 0.25) is 5.79 Å². The number of hydrogen-bond donors (Lipinski definition) is 2. The Morgan fingerprint density at radius 1 is 1.00 bits per heavy atom. The third-order valence-electron chi connectivity index (χ3n) is 12.5. The van der Waals surface area contributed by atoms with Crippen molar-refractivity contribution in [2.45, 2.75) is 95.6 Å². The van der Waals surface area contributed by atoms with Crippen LogP contribution in [0.2, 0.25) is 0 Å². The molecule has 1 heterocycles. The average molecular weight is 911 g/mol. The number of rotatable bonds is 20. The number of carbonyl (C=O) groups is 1. The molecule has 0 unspecified atom stereocenters. The minimum Gasteiger partial charge on any atom is -0.459 e. The monoisotopic (exact) mass is 909 g/mol. The third-order valence-corrected chi connectivity index (χ3v) is 12.6. The number of aliphatic hydroxyl groups is 2. The maximum absolute atomic E-state index is 14.8. The van der Waals surface area contributed by atoms with Crippen LogP contribution in [0.4, 0.5) is 10.5 Å². The SMILES string of the molecule is C=CCO[C@@]12Oc3ccc(Oc4cccc([N+](=O)[O-])c4)cc3[C@H]3[C@H](CCCCO)[C@@H](CCCCO)C=C(C(=NOC(C)(C)C)C[C@@H]1N(Cc1cccc4ccccc14)C(=O)OCCCl)[C@H]32. The van der Waals surface area contributed by atoms with Crippen LogP contribution in [0.15, 0.2) is 114 Å². The fourth-order valence-electron chi connectivity index (χ4n) is 9.83. The van der Waals surface area contributed by atoms with Crippen molar-refractivity contribution in [3.05, 3.63) is 130 Å². The zero-order valence-corrected chi connectivity index (χ0v) is 38.2. The Morgan fingerprint density at radius 2 is 1.74 bits per heavy atom. The van der Waals surface area contributed by atoms with Gasteiger partial charge in [-0.1, -0.05) is 78.7 Å². The number of aliphatic hydroxyl groups excluding tert-OH is 2. The first kappa shape index (κ1) is 47.5. The summed E-state index contributed by atoms with van der Waals surface area (Å²) < 4.78 is 26.8. The minimum atomic E-state index is -1.54. The van der Waals surface area contributed by atoms with Crippen molar-refractivity contribution in [2.24, 2.45) is 22.9 Å². The van der Waals surface area contributed by atoms with Crippen molar-refractivity contribution in [3.8, 4) is 17.2 Å². The van der Waals surface area contributed by atoms with E-state index in [0.717, 1.165) is 53.2 Å². The lowest BCUT2D eigenvalue weighted by Gasteiger charge is -2.60. The lowest BCUT2D eigenvalue weighted by Crippen LogP contribution is -2.70. The van der Waals surface area contributed by atoms with Gasteiger partial charge in [0.15, 0.2) is 0 Å². The number of halogens is 1. The van der Waals surface area contributed by atoms with Crippen molar-refractivity contribution in [3.63, 3.8) is 0 Å². The Bertz CT molecular complexity index is 2380. The van der Waals surface area contributed by atoms with Gasteiger partial charge in [-0.25, -0.2) is 4.79 Å². The normalized spacial score (nSPS) is 22.8. The Kier molecular flexibility index (Phi) is 15.5. The molecule has 7 rings (SSSR count). The molecule has 1 amide bonds. The van der Waals surface area contributed by atoms with E-state index in [2.05, 4.69) is 12.7 Å². The smallest absolute Gasteiger partial charge is 0.410 e. The highest BCUT2D eigenvalue weighted by Gasteiger charge is 2.66. The van der Waals surface area contributed by atoms with Crippen molar-refractivity contribution in [1.29, 1.82) is 0 Å². The van der Waals surface area contributed by atoms with E-state index in [9.17, 15) is 25.1 Å². The van der Waals surface area contributed by atoms with E-state index >= 15 is 0 Å². The predicted molar refractivity (Wildman–Crippen MR) is 251 cm³/mol. The summed E-state index contributed by atoms with van der Waals surface area (Å²) in [5.41, 5.74) is 2.49. The molecule has 6 atom stereocenters. The van der Waals surface area contributed by atoms with E-state index in [-0.39, 0.29) is 68.7 Å². The number of hydrogen-bond acceptors (Lipinski definition) is 11. The maximum Gasteiger partial charge on any atom is 0.410 e. The van der Waals surface area contributed by atoms with Gasteiger partial charge in [-0.05, 0) is 104 Å². The van der Waals surface area contributed by atoms with Gasteiger partial charge in [-0.15, -0.1) is 18.2 Å². The molecule has 346 valence electrons. The van der Waals surface area contributed by atoms with Gasteiger partial charge in [0, 0.05) is 37.2 Å². The van der Waals surface area contributed by atoms with Gasteiger partial charge in [-0.2, -0.15) is 0 Å². The number of nitrogens with zero attached hydrogens (tertiary/aromatic N) is 3. The molecule has 4 aromatic carbocycles. The number of ether oxygens (including phenoxy) is 4. The molecule has 1 saturated carbocycles. The number of unbranched alkanes of at least 4 members (excludes halogenated alkanes) is 2. The summed E-state index contributed by atoms with van der Waals surface area (Å²) in [5.74, 6) is -1.14. The molecule has 0 radical (unpaired) electrons. The quantitative estimate of drug-likeness (QED) is 0.0287. The van der Waals surface area contributed by atoms with E-state index in [1.165, 1.54) is 12.1 Å². The molecule has 1 aliphatic heterocycles. The molecule has 4 aromatic rings. The van der Waals surface area contributed by atoms with Crippen LogP contribution >= 0.6 is 11.6 Å². The van der Waals surface area contributed by atoms with E-state index in [0.29, 0.717) is 35.8 Å². The van der Waals surface area contributed by atoms with Gasteiger partial charge in [0.1, 0.15) is 35.5 Å². The predicted octanol–water partition coefficient (Wildman–Crippen LogP) is 10.8. The zero-order valence-electron chi connectivity index (χ0n) is 37.4. The van der Waals surface area contributed by atoms with Gasteiger partial charge in [0.05, 0.1) is 41.7 Å². The number of benzene rings is 4. The number of amides is 1. The fourth-order valence-corrected chi connectivity index (χ4v) is 9.90. The summed E-state index contributed by atoms with van der Waals surface area (Å²) in [6.45, 7) is 10.1. The number of oxime groups is 1. The van der Waals surface area contributed by atoms with E-state index in [1.807, 2.05) is 75.4 Å². The molecule has 0 aromatic heterocycles. The Balaban J connectivity index is 1.48. The minimum absolute atomic E-state index is 0.00208. The van der Waals surface area contributed by atoms with E-state index in [4.69, 9.17) is 40.5 Å². The molecule has 2 aliphatic carbocycles. The number of alkyl halides is 1. The number of carbonyl (C=O) groups excluding carboxylic acids is 1. The molecule has 3 aliphatic rings. The van der Waals surface area contributed by atoms with Gasteiger partial charge in [-0.3, -0.25) is 15.0 Å². The fraction of sp³-hybridized carbons (Fsp3) is 0.451. The van der Waals surface area contributed by atoms with Crippen LogP contribution in [0.1, 0.15) is 82.8 Å². The van der Waals surface area contributed by atoms with E-state index in [1.54, 1.807) is 29.2 Å². The summed E-state index contributed by atoms with van der Waals surface area (Å²) >= 11 is 6.15. The van der Waals surface area contributed by atoms with Crippen LogP contribution in [0.3, 0.4) is 0 Å². The molecule has 0 spiro atoms. The van der Waals surface area contributed by atoms with Gasteiger partial charge in [0.25, 0.3) is 5.69 Å². The first-order chi connectivity index (χ1) is 31.4. The Hall–Kier alpha value is -5.47. The molecule has 0 bridgehead atoms. The molecule has 14 heteroatoms. The third kappa shape index (κ3) is 10.6. The number of non-ortho nitro benzene ring substituents is 1. The summed E-state index contributed by atoms with van der Waals surface area (Å²) in [4.78, 5) is 34.0. The Morgan fingerprint density at radius 3 is 2.48 bits per heavy atom. The van der Waals surface area contributed by atoms with Gasteiger partial charge < -0.3 is 34.0 Å². The Labute approximate surface area is 385 Å². The standard InChI is InChI=1S/C51H60ClN3O10/c1-5-27-62-51-46(54(49(58)61-28-24-52)33-36-17-12-16-34-14-6-7-20-40(34)36)32-44(53-65-50(2,3)4)42-29-35(15-8-10-25-56)41(21-9-11-26-57)47(48(42)51)43-31-39(22-23-45(43)64-51)63-38-19-13-18-37(30-38)55(59)60/h5-7,12-14,16-20,22-23,29-31,35,41,46-48,56-57H,1,8-11,15,21,24-28,32-33H2,2-4H3/t35-,41+,46-,47+,48+,51+/m0/s1. The van der Waals surface area contributed by atoms with Crippen molar-refractivity contribution >= 4 is 39.9 Å². The molecule has 13 nitrogen and oxygen atoms in total. The van der Waals surface area contributed by atoms with Crippen molar-refractivity contribution in [2.75, 3.05) is 32.3 Å². The van der Waals surface area contributed by atoms with Crippen LogP contribution in [0, 0.1) is 27.9 Å². The van der Waals surface area contributed by atoms with Crippen LogP contribution in [-0.2, 0) is 20.9 Å². The lowest BCUT2D eigenvalue weighted by atomic mass is 9.55. The summed E-state index contributed by atoms with van der Waals surface area (Å²) in [7, 11) is 0. The zero-order chi connectivity index (χ0) is 46.1. The number of nitro benzene ring substituents is 1. The van der Waals surface area contributed by atoms with Crippen LogP contribution < -0.4 is 9.47 Å². The lowest BCUT2D eigenvalue weighted by molar-refractivity contribution is -0.384. The summed E-state index contributed by atoms with van der Waals surface area (Å²) in [5, 5.41) is 38.6. The molecule has 1 fully saturated rings. The maximum atomic E-state index is 14.8. The average Bonchev–Trinajstić information content (AvgIpc) is 3.29. The van der Waals surface area contributed by atoms with Crippen LogP contribution in [0.5, 0.6) is 17.2 Å². The highest BCUT2D eigenvalue weighted by atomic mass is 35.5. The molecular formula is C51H60ClN3O10. The number of nitro groups is 1. The topological polar surface area (TPSA) is 162 Å². The van der Waals surface area contributed by atoms with Crippen molar-refractivity contribution in [1.82, 2.24) is 4.90 Å². The highest BCUT2D eigenvalue weighted by Crippen LogP contribution is 2.62. The second kappa shape index (κ2) is 21.2. The second-order valence-corrected chi connectivity index (χ2v) is 18.3. The van der Waals surface area contributed by atoms with Crippen LogP contribution in [0.25, 0.3) is 10.8 Å². The second-order valence-electron chi connectivity index (χ2n) is 17.9. The molecule has 65 heavy (non-hydrogen) atoms.